The van der Waals surface area contributed by atoms with Crippen LogP contribution in [0.15, 0.2) is 52.8 Å². The molecule has 1 unspecified atom stereocenters. The van der Waals surface area contributed by atoms with Gasteiger partial charge >= 0.3 is 0 Å². The molecule has 2 heterocycles. The highest BCUT2D eigenvalue weighted by Gasteiger charge is 2.30. The number of piperidine rings is 1. The first-order chi connectivity index (χ1) is 11.0. The topological polar surface area (TPSA) is 33.2 Å². The van der Waals surface area contributed by atoms with Gasteiger partial charge < -0.3 is 4.90 Å². The monoisotopic (exact) mass is 374 g/mol. The van der Waals surface area contributed by atoms with Gasteiger partial charge in [-0.25, -0.2) is 4.39 Å². The molecule has 1 fully saturated rings. The fraction of sp³-hybridized carbons (Fsp3) is 0.222. The zero-order chi connectivity index (χ0) is 16.4. The van der Waals surface area contributed by atoms with Crippen LogP contribution in [0.3, 0.4) is 0 Å². The van der Waals surface area contributed by atoms with Gasteiger partial charge in [-0.3, -0.25) is 9.78 Å². The Morgan fingerprint density at radius 1 is 1.39 bits per heavy atom. The molecular formula is C18H16BrFN2O. The average molecular weight is 375 g/mol. The number of ketones is 1. The summed E-state index contributed by atoms with van der Waals surface area (Å²) in [6.07, 6.45) is 5.28. The number of benzene rings is 1. The first-order valence-electron chi connectivity index (χ1n) is 7.33. The summed E-state index contributed by atoms with van der Waals surface area (Å²) in [6, 6.07) is 8.25. The molecule has 0 saturated carbocycles. The standard InChI is InChI=1S/C18H16BrFN2O/c1-22-10-14(7-12-4-5-15(20)8-17(12)19)18(23)16(11-22)13-3-2-6-21-9-13/h2-9,16H,10-11H2,1H3. The van der Waals surface area contributed by atoms with E-state index in [0.717, 1.165) is 16.7 Å². The van der Waals surface area contributed by atoms with Gasteiger partial charge in [0.2, 0.25) is 0 Å². The molecule has 0 radical (unpaired) electrons. The molecule has 1 aliphatic rings. The number of likely N-dealkylation sites (N-methyl/N-ethyl adjacent to an activating group) is 1. The normalized spacial score (nSPS) is 20.9. The lowest BCUT2D eigenvalue weighted by molar-refractivity contribution is -0.118. The van der Waals surface area contributed by atoms with Crippen LogP contribution >= 0.6 is 15.9 Å². The smallest absolute Gasteiger partial charge is 0.168 e. The maximum absolute atomic E-state index is 13.2. The van der Waals surface area contributed by atoms with Crippen molar-refractivity contribution < 1.29 is 9.18 Å². The molecule has 1 atom stereocenters. The van der Waals surface area contributed by atoms with Crippen LogP contribution in [0.1, 0.15) is 17.0 Å². The first kappa shape index (κ1) is 16.0. The lowest BCUT2D eigenvalue weighted by atomic mass is 9.87. The molecule has 1 aromatic heterocycles. The minimum absolute atomic E-state index is 0.104. The number of hydrogen-bond acceptors (Lipinski definition) is 3. The maximum atomic E-state index is 13.2. The Hall–Kier alpha value is -1.85. The molecule has 0 amide bonds. The SMILES string of the molecule is CN1CC(=Cc2ccc(F)cc2Br)C(=O)C(c2cccnc2)C1. The Morgan fingerprint density at radius 3 is 2.91 bits per heavy atom. The quantitative estimate of drug-likeness (QED) is 0.752. The van der Waals surface area contributed by atoms with Crippen molar-refractivity contribution in [3.8, 4) is 0 Å². The third-order valence-electron chi connectivity index (χ3n) is 3.95. The molecule has 2 aromatic rings. The van der Waals surface area contributed by atoms with Gasteiger partial charge in [0.25, 0.3) is 0 Å². The van der Waals surface area contributed by atoms with Gasteiger partial charge in [-0.1, -0.05) is 28.1 Å². The van der Waals surface area contributed by atoms with Crippen LogP contribution in [0, 0.1) is 5.82 Å². The summed E-state index contributed by atoms with van der Waals surface area (Å²) in [7, 11) is 1.99. The summed E-state index contributed by atoms with van der Waals surface area (Å²) in [5.74, 6) is -0.417. The fourth-order valence-electron chi connectivity index (χ4n) is 2.81. The summed E-state index contributed by atoms with van der Waals surface area (Å²) in [6.45, 7) is 1.26. The van der Waals surface area contributed by atoms with Gasteiger partial charge in [0.1, 0.15) is 5.82 Å². The Kier molecular flexibility index (Phi) is 4.68. The van der Waals surface area contributed by atoms with Gasteiger partial charge in [-0.2, -0.15) is 0 Å². The highest BCUT2D eigenvalue weighted by atomic mass is 79.9. The number of likely N-dealkylation sites (tertiary alicyclic amines) is 1. The van der Waals surface area contributed by atoms with Gasteiger partial charge in [0, 0.05) is 35.5 Å². The van der Waals surface area contributed by atoms with E-state index in [-0.39, 0.29) is 17.5 Å². The Labute approximate surface area is 143 Å². The number of nitrogens with zero attached hydrogens (tertiary/aromatic N) is 2. The molecule has 1 aliphatic heterocycles. The zero-order valence-corrected chi connectivity index (χ0v) is 14.3. The van der Waals surface area contributed by atoms with E-state index in [4.69, 9.17) is 0 Å². The predicted octanol–water partition coefficient (Wildman–Crippen LogP) is 3.66. The molecule has 23 heavy (non-hydrogen) atoms. The molecule has 3 rings (SSSR count). The fourth-order valence-corrected chi connectivity index (χ4v) is 3.28. The zero-order valence-electron chi connectivity index (χ0n) is 12.7. The van der Waals surface area contributed by atoms with Crippen LogP contribution in [0.2, 0.25) is 0 Å². The van der Waals surface area contributed by atoms with Crippen molar-refractivity contribution >= 4 is 27.8 Å². The highest BCUT2D eigenvalue weighted by Crippen LogP contribution is 2.28. The summed E-state index contributed by atoms with van der Waals surface area (Å²) >= 11 is 3.35. The summed E-state index contributed by atoms with van der Waals surface area (Å²) in [4.78, 5) is 19.1. The molecule has 5 heteroatoms. The van der Waals surface area contributed by atoms with Gasteiger partial charge in [0.05, 0.1) is 5.92 Å². The minimum Gasteiger partial charge on any atom is -0.301 e. The van der Waals surface area contributed by atoms with E-state index in [2.05, 4.69) is 25.8 Å². The van der Waals surface area contributed by atoms with E-state index in [1.54, 1.807) is 18.5 Å². The van der Waals surface area contributed by atoms with Crippen molar-refractivity contribution in [3.05, 3.63) is 69.7 Å². The van der Waals surface area contributed by atoms with Crippen molar-refractivity contribution in [2.75, 3.05) is 20.1 Å². The molecule has 1 aromatic carbocycles. The number of halogens is 2. The summed E-state index contributed by atoms with van der Waals surface area (Å²) in [5, 5.41) is 0. The second-order valence-corrected chi connectivity index (χ2v) is 6.59. The van der Waals surface area contributed by atoms with E-state index < -0.39 is 0 Å². The van der Waals surface area contributed by atoms with Crippen molar-refractivity contribution in [1.82, 2.24) is 9.88 Å². The van der Waals surface area contributed by atoms with Gasteiger partial charge in [-0.05, 0) is 42.4 Å². The van der Waals surface area contributed by atoms with E-state index in [1.807, 2.05) is 25.3 Å². The second kappa shape index (κ2) is 6.72. The molecule has 0 N–H and O–H groups in total. The van der Waals surface area contributed by atoms with E-state index >= 15 is 0 Å². The third kappa shape index (κ3) is 3.57. The highest BCUT2D eigenvalue weighted by molar-refractivity contribution is 9.10. The van der Waals surface area contributed by atoms with Crippen molar-refractivity contribution in [3.63, 3.8) is 0 Å². The number of rotatable bonds is 2. The molecular weight excluding hydrogens is 359 g/mol. The average Bonchev–Trinajstić information content (AvgIpc) is 2.54. The maximum Gasteiger partial charge on any atom is 0.168 e. The molecule has 0 spiro atoms. The lowest BCUT2D eigenvalue weighted by Crippen LogP contribution is -2.38. The number of Topliss-reactive ketones (excluding diaryl/α,β-unsaturated/α-hetero) is 1. The van der Waals surface area contributed by atoms with Crippen molar-refractivity contribution in [1.29, 1.82) is 0 Å². The predicted molar refractivity (Wildman–Crippen MR) is 91.6 cm³/mol. The molecule has 3 nitrogen and oxygen atoms in total. The van der Waals surface area contributed by atoms with Gasteiger partial charge in [-0.15, -0.1) is 0 Å². The van der Waals surface area contributed by atoms with E-state index in [9.17, 15) is 9.18 Å². The first-order valence-corrected chi connectivity index (χ1v) is 8.12. The largest absolute Gasteiger partial charge is 0.301 e. The number of pyridine rings is 1. The number of hydrogen-bond donors (Lipinski definition) is 0. The number of aromatic nitrogens is 1. The number of carbonyl (C=O) groups excluding carboxylic acids is 1. The summed E-state index contributed by atoms with van der Waals surface area (Å²) in [5.41, 5.74) is 2.45. The van der Waals surface area contributed by atoms with Crippen LogP contribution in [-0.4, -0.2) is 35.8 Å². The lowest BCUT2D eigenvalue weighted by Gasteiger charge is -2.30. The van der Waals surface area contributed by atoms with Crippen molar-refractivity contribution in [2.24, 2.45) is 0 Å². The van der Waals surface area contributed by atoms with Crippen LogP contribution in [0.5, 0.6) is 0 Å². The van der Waals surface area contributed by atoms with Crippen LogP contribution in [0.4, 0.5) is 4.39 Å². The minimum atomic E-state index is -0.306. The Balaban J connectivity index is 1.95. The molecule has 118 valence electrons. The summed E-state index contributed by atoms with van der Waals surface area (Å²) < 4.78 is 13.9. The van der Waals surface area contributed by atoms with E-state index in [0.29, 0.717) is 17.6 Å². The van der Waals surface area contributed by atoms with Crippen LogP contribution in [0.25, 0.3) is 6.08 Å². The number of carbonyl (C=O) groups is 1. The second-order valence-electron chi connectivity index (χ2n) is 5.74. The molecule has 0 bridgehead atoms. The Morgan fingerprint density at radius 2 is 2.22 bits per heavy atom. The molecule has 1 saturated heterocycles. The van der Waals surface area contributed by atoms with E-state index in [1.165, 1.54) is 12.1 Å². The van der Waals surface area contributed by atoms with Crippen LogP contribution < -0.4 is 0 Å². The Bertz CT molecular complexity index is 761. The van der Waals surface area contributed by atoms with Gasteiger partial charge in [0.15, 0.2) is 5.78 Å². The van der Waals surface area contributed by atoms with Crippen molar-refractivity contribution in [2.45, 2.75) is 5.92 Å². The van der Waals surface area contributed by atoms with Crippen LogP contribution in [-0.2, 0) is 4.79 Å². The molecule has 0 aliphatic carbocycles. The third-order valence-corrected chi connectivity index (χ3v) is 4.63.